The number of hydrogen-bond donors (Lipinski definition) is 0. The predicted octanol–water partition coefficient (Wildman–Crippen LogP) is 1.92. The van der Waals surface area contributed by atoms with Crippen LogP contribution in [0.1, 0.15) is 25.2 Å². The third-order valence-electron chi connectivity index (χ3n) is 1.97. The molecule has 2 rings (SSSR count). The smallest absolute Gasteiger partial charge is 0.296 e. The molecule has 0 unspecified atom stereocenters. The van der Waals surface area contributed by atoms with E-state index in [1.807, 2.05) is 20.8 Å². The fraction of sp³-hybridized carbons (Fsp3) is 0.667. The lowest BCUT2D eigenvalue weighted by Gasteiger charge is -1.93. The van der Waals surface area contributed by atoms with Gasteiger partial charge in [0.25, 0.3) is 6.01 Å². The van der Waals surface area contributed by atoms with Crippen LogP contribution in [0.25, 0.3) is 0 Å². The van der Waals surface area contributed by atoms with Gasteiger partial charge in [-0.25, -0.2) is 4.98 Å². The van der Waals surface area contributed by atoms with Gasteiger partial charge in [0.15, 0.2) is 0 Å². The maximum absolute atomic E-state index is 5.25. The Kier molecular flexibility index (Phi) is 2.74. The molecule has 0 aliphatic carbocycles. The van der Waals surface area contributed by atoms with Crippen LogP contribution >= 0.6 is 0 Å². The Morgan fingerprint density at radius 2 is 2.00 bits per heavy atom. The van der Waals surface area contributed by atoms with Crippen molar-refractivity contribution in [2.24, 2.45) is 0 Å². The first-order valence-electron chi connectivity index (χ1n) is 4.45. The first-order valence-corrected chi connectivity index (χ1v) is 4.45. The number of rotatable bonds is 0. The molecule has 0 radical (unpaired) electrons. The summed E-state index contributed by atoms with van der Waals surface area (Å²) in [6, 6.07) is 0.787. The minimum atomic E-state index is 0.781. The number of fused-ring (bicyclic) bond motifs is 1. The lowest BCUT2D eigenvalue weighted by molar-refractivity contribution is 0.344. The molecule has 0 aromatic carbocycles. The first kappa shape index (κ1) is 9.10. The highest BCUT2D eigenvalue weighted by molar-refractivity contribution is 5.19. The topological polar surface area (TPSA) is 27.1 Å². The van der Waals surface area contributed by atoms with E-state index in [1.54, 1.807) is 0 Å². The molecule has 3 heteroatoms. The fourth-order valence-corrected chi connectivity index (χ4v) is 1.23. The van der Waals surface area contributed by atoms with Crippen molar-refractivity contribution in [3.63, 3.8) is 0 Å². The van der Waals surface area contributed by atoms with Crippen molar-refractivity contribution >= 4 is 0 Å². The highest BCUT2D eigenvalue weighted by Gasteiger charge is 2.16. The normalized spacial score (nSPS) is 13.0. The summed E-state index contributed by atoms with van der Waals surface area (Å²) in [5.74, 6) is 0. The molecule has 0 saturated heterocycles. The summed E-state index contributed by atoms with van der Waals surface area (Å²) in [7, 11) is 0. The van der Waals surface area contributed by atoms with Crippen LogP contribution in [0.4, 0.5) is 0 Å². The number of hydrogen-bond acceptors (Lipinski definition) is 2. The van der Waals surface area contributed by atoms with Gasteiger partial charge in [-0.1, -0.05) is 13.8 Å². The molecule has 0 spiro atoms. The number of aryl methyl sites for hydroxylation is 1. The Morgan fingerprint density at radius 3 is 2.58 bits per heavy atom. The predicted molar refractivity (Wildman–Crippen MR) is 48.5 cm³/mol. The highest BCUT2D eigenvalue weighted by Crippen LogP contribution is 2.20. The SMILES string of the molecule is CC.Cc1nc2n(c1C)CCO2. The van der Waals surface area contributed by atoms with E-state index in [9.17, 15) is 0 Å². The van der Waals surface area contributed by atoms with E-state index in [-0.39, 0.29) is 0 Å². The molecular formula is C9H16N2O. The number of ether oxygens (including phenoxy) is 1. The lowest BCUT2D eigenvalue weighted by atomic mass is 10.4. The van der Waals surface area contributed by atoms with Crippen molar-refractivity contribution < 1.29 is 4.74 Å². The Balaban J connectivity index is 0.000000336. The summed E-state index contributed by atoms with van der Waals surface area (Å²) >= 11 is 0. The van der Waals surface area contributed by atoms with E-state index in [2.05, 4.69) is 16.5 Å². The standard InChI is InChI=1S/C7H10N2O.C2H6/c1-5-6(2)9-3-4-10-7(9)8-5;1-2/h3-4H2,1-2H3;1-2H3. The van der Waals surface area contributed by atoms with E-state index in [0.29, 0.717) is 0 Å². The zero-order valence-electron chi connectivity index (χ0n) is 8.22. The first-order chi connectivity index (χ1) is 5.79. The van der Waals surface area contributed by atoms with Crippen molar-refractivity contribution in [1.82, 2.24) is 9.55 Å². The summed E-state index contributed by atoms with van der Waals surface area (Å²) in [6.45, 7) is 9.82. The zero-order chi connectivity index (χ0) is 9.14. The molecule has 0 amide bonds. The average molecular weight is 168 g/mol. The quantitative estimate of drug-likeness (QED) is 0.591. The van der Waals surface area contributed by atoms with Crippen molar-refractivity contribution in [2.45, 2.75) is 34.2 Å². The molecule has 3 nitrogen and oxygen atoms in total. The van der Waals surface area contributed by atoms with Crippen molar-refractivity contribution in [3.05, 3.63) is 11.4 Å². The van der Waals surface area contributed by atoms with Gasteiger partial charge in [-0.3, -0.25) is 4.57 Å². The Morgan fingerprint density at radius 1 is 1.33 bits per heavy atom. The molecule has 1 aliphatic heterocycles. The highest BCUT2D eigenvalue weighted by atomic mass is 16.5. The Hall–Kier alpha value is -0.990. The van der Waals surface area contributed by atoms with Crippen molar-refractivity contribution in [1.29, 1.82) is 0 Å². The van der Waals surface area contributed by atoms with E-state index in [0.717, 1.165) is 24.9 Å². The van der Waals surface area contributed by atoms with E-state index < -0.39 is 0 Å². The van der Waals surface area contributed by atoms with Gasteiger partial charge in [-0.2, -0.15) is 0 Å². The van der Waals surface area contributed by atoms with Gasteiger partial charge in [-0.05, 0) is 13.8 Å². The van der Waals surface area contributed by atoms with Gasteiger partial charge >= 0.3 is 0 Å². The number of nitrogens with zero attached hydrogens (tertiary/aromatic N) is 2. The average Bonchev–Trinajstić information content (AvgIpc) is 2.62. The lowest BCUT2D eigenvalue weighted by Crippen LogP contribution is -1.96. The summed E-state index contributed by atoms with van der Waals surface area (Å²) < 4.78 is 7.36. The monoisotopic (exact) mass is 168 g/mol. The second kappa shape index (κ2) is 3.61. The summed E-state index contributed by atoms with van der Waals surface area (Å²) in [6.07, 6.45) is 0. The largest absolute Gasteiger partial charge is 0.463 e. The van der Waals surface area contributed by atoms with Crippen molar-refractivity contribution in [2.75, 3.05) is 6.61 Å². The summed E-state index contributed by atoms with van der Waals surface area (Å²) in [5.41, 5.74) is 2.31. The third-order valence-corrected chi connectivity index (χ3v) is 1.97. The molecule has 0 saturated carbocycles. The van der Waals surface area contributed by atoms with E-state index >= 15 is 0 Å². The van der Waals surface area contributed by atoms with Crippen LogP contribution in [0.5, 0.6) is 6.01 Å². The molecule has 1 aromatic heterocycles. The van der Waals surface area contributed by atoms with Crippen LogP contribution in [-0.4, -0.2) is 16.2 Å². The van der Waals surface area contributed by atoms with Crippen LogP contribution in [-0.2, 0) is 6.54 Å². The molecule has 68 valence electrons. The number of imidazole rings is 1. The molecule has 0 fully saturated rings. The molecule has 0 bridgehead atoms. The molecule has 1 aliphatic rings. The van der Waals surface area contributed by atoms with Crippen LogP contribution in [0.2, 0.25) is 0 Å². The van der Waals surface area contributed by atoms with Crippen LogP contribution in [0, 0.1) is 13.8 Å². The molecular weight excluding hydrogens is 152 g/mol. The Labute approximate surface area is 73.4 Å². The fourth-order valence-electron chi connectivity index (χ4n) is 1.23. The molecule has 1 aromatic rings. The number of aromatic nitrogens is 2. The van der Waals surface area contributed by atoms with Crippen LogP contribution in [0.3, 0.4) is 0 Å². The van der Waals surface area contributed by atoms with Crippen LogP contribution in [0.15, 0.2) is 0 Å². The molecule has 0 atom stereocenters. The van der Waals surface area contributed by atoms with Gasteiger partial charge in [0.05, 0.1) is 12.2 Å². The van der Waals surface area contributed by atoms with Gasteiger partial charge in [-0.15, -0.1) is 0 Å². The maximum atomic E-state index is 5.25. The Bertz CT molecular complexity index is 266. The minimum Gasteiger partial charge on any atom is -0.463 e. The zero-order valence-corrected chi connectivity index (χ0v) is 8.22. The summed E-state index contributed by atoms with van der Waals surface area (Å²) in [4.78, 5) is 4.23. The third kappa shape index (κ3) is 1.31. The molecule has 2 heterocycles. The van der Waals surface area contributed by atoms with Gasteiger partial charge < -0.3 is 4.74 Å². The van der Waals surface area contributed by atoms with Crippen molar-refractivity contribution in [3.8, 4) is 6.01 Å². The van der Waals surface area contributed by atoms with Gasteiger partial charge in [0.2, 0.25) is 0 Å². The maximum Gasteiger partial charge on any atom is 0.296 e. The summed E-state index contributed by atoms with van der Waals surface area (Å²) in [5, 5.41) is 0. The second-order valence-electron chi connectivity index (χ2n) is 2.57. The van der Waals surface area contributed by atoms with Gasteiger partial charge in [0, 0.05) is 5.69 Å². The molecule has 0 N–H and O–H groups in total. The molecule has 12 heavy (non-hydrogen) atoms. The second-order valence-corrected chi connectivity index (χ2v) is 2.57. The van der Waals surface area contributed by atoms with Crippen LogP contribution < -0.4 is 4.74 Å². The minimum absolute atomic E-state index is 0.781. The van der Waals surface area contributed by atoms with E-state index in [1.165, 1.54) is 5.69 Å². The van der Waals surface area contributed by atoms with Gasteiger partial charge in [0.1, 0.15) is 6.61 Å². The van der Waals surface area contributed by atoms with E-state index in [4.69, 9.17) is 4.74 Å².